The number of aromatic nitrogens is 6. The number of hydrogen-bond acceptors (Lipinski definition) is 6. The Hall–Kier alpha value is -3.94. The monoisotopic (exact) mass is 357 g/mol. The van der Waals surface area contributed by atoms with E-state index < -0.39 is 0 Å². The van der Waals surface area contributed by atoms with Gasteiger partial charge in [0.15, 0.2) is 5.82 Å². The summed E-state index contributed by atoms with van der Waals surface area (Å²) in [6, 6.07) is 13.4. The van der Waals surface area contributed by atoms with Gasteiger partial charge in [0.2, 0.25) is 5.88 Å². The molecule has 4 heterocycles. The smallest absolute Gasteiger partial charge is 0.246 e. The number of benzene rings is 1. The second-order valence-corrected chi connectivity index (χ2v) is 6.05. The lowest BCUT2D eigenvalue weighted by Crippen LogP contribution is -1.94. The van der Waals surface area contributed by atoms with Crippen LogP contribution in [0.4, 0.5) is 11.5 Å². The number of hydrogen-bond donors (Lipinski definition) is 2. The lowest BCUT2D eigenvalue weighted by atomic mass is 10.2. The quantitative estimate of drug-likeness (QED) is 0.508. The number of H-pyrrole nitrogens is 1. The van der Waals surface area contributed by atoms with Crippen molar-refractivity contribution in [2.45, 2.75) is 0 Å². The van der Waals surface area contributed by atoms with Crippen molar-refractivity contribution < 1.29 is 4.74 Å². The van der Waals surface area contributed by atoms with Gasteiger partial charge in [0.25, 0.3) is 0 Å². The van der Waals surface area contributed by atoms with Crippen molar-refractivity contribution in [2.24, 2.45) is 7.05 Å². The number of anilines is 2. The maximum absolute atomic E-state index is 5.87. The minimum Gasteiger partial charge on any atom is -0.435 e. The predicted molar refractivity (Wildman–Crippen MR) is 102 cm³/mol. The Morgan fingerprint density at radius 3 is 2.93 bits per heavy atom. The Bertz CT molecular complexity index is 1240. The average molecular weight is 357 g/mol. The minimum absolute atomic E-state index is 0.541. The van der Waals surface area contributed by atoms with E-state index in [0.29, 0.717) is 17.4 Å². The molecule has 8 nitrogen and oxygen atoms in total. The molecule has 5 rings (SSSR count). The summed E-state index contributed by atoms with van der Waals surface area (Å²) in [4.78, 5) is 8.43. The van der Waals surface area contributed by atoms with Gasteiger partial charge in [0.05, 0.1) is 22.6 Å². The predicted octanol–water partition coefficient (Wildman–Crippen LogP) is 3.78. The SMILES string of the molecule is Cn1nc(Oc2cccnc2)c2ccc(Nc3n[nH]c4cccnc34)cc21. The van der Waals surface area contributed by atoms with Crippen LogP contribution in [0.2, 0.25) is 0 Å². The summed E-state index contributed by atoms with van der Waals surface area (Å²) < 4.78 is 7.66. The van der Waals surface area contributed by atoms with Crippen molar-refractivity contribution in [2.75, 3.05) is 5.32 Å². The highest BCUT2D eigenvalue weighted by atomic mass is 16.5. The Morgan fingerprint density at radius 1 is 1.11 bits per heavy atom. The number of aryl methyl sites for hydroxylation is 1. The molecule has 0 bridgehead atoms. The fourth-order valence-electron chi connectivity index (χ4n) is 2.97. The normalized spacial score (nSPS) is 11.1. The van der Waals surface area contributed by atoms with Gasteiger partial charge < -0.3 is 10.1 Å². The first-order chi connectivity index (χ1) is 13.3. The second kappa shape index (κ2) is 6.10. The molecule has 0 spiro atoms. The maximum atomic E-state index is 5.87. The molecule has 27 heavy (non-hydrogen) atoms. The zero-order valence-corrected chi connectivity index (χ0v) is 14.4. The number of rotatable bonds is 4. The molecule has 0 aliphatic carbocycles. The van der Waals surface area contributed by atoms with E-state index in [-0.39, 0.29) is 0 Å². The fourth-order valence-corrected chi connectivity index (χ4v) is 2.97. The molecular weight excluding hydrogens is 342 g/mol. The van der Waals surface area contributed by atoms with E-state index in [9.17, 15) is 0 Å². The molecule has 1 aromatic carbocycles. The van der Waals surface area contributed by atoms with Crippen LogP contribution in [0, 0.1) is 0 Å². The highest BCUT2D eigenvalue weighted by Crippen LogP contribution is 2.31. The maximum Gasteiger partial charge on any atom is 0.246 e. The summed E-state index contributed by atoms with van der Waals surface area (Å²) in [5, 5.41) is 16.0. The number of pyridine rings is 2. The van der Waals surface area contributed by atoms with E-state index in [1.165, 1.54) is 0 Å². The molecule has 0 aliphatic rings. The second-order valence-electron chi connectivity index (χ2n) is 6.05. The Kier molecular flexibility index (Phi) is 3.46. The van der Waals surface area contributed by atoms with Crippen molar-refractivity contribution in [1.29, 1.82) is 0 Å². The Morgan fingerprint density at radius 2 is 2.04 bits per heavy atom. The minimum atomic E-state index is 0.541. The summed E-state index contributed by atoms with van der Waals surface area (Å²) in [7, 11) is 1.88. The van der Waals surface area contributed by atoms with Crippen LogP contribution in [0.25, 0.3) is 21.9 Å². The van der Waals surface area contributed by atoms with E-state index in [0.717, 1.165) is 27.6 Å². The van der Waals surface area contributed by atoms with Crippen LogP contribution in [0.5, 0.6) is 11.6 Å². The highest BCUT2D eigenvalue weighted by Gasteiger charge is 2.13. The van der Waals surface area contributed by atoms with Crippen LogP contribution in [0.1, 0.15) is 0 Å². The van der Waals surface area contributed by atoms with Gasteiger partial charge in [-0.25, -0.2) is 0 Å². The van der Waals surface area contributed by atoms with Gasteiger partial charge in [0.1, 0.15) is 11.3 Å². The van der Waals surface area contributed by atoms with Crippen LogP contribution in [0.15, 0.2) is 61.1 Å². The van der Waals surface area contributed by atoms with Crippen LogP contribution < -0.4 is 10.1 Å². The molecule has 0 atom stereocenters. The molecule has 4 aromatic heterocycles. The molecule has 5 aromatic rings. The van der Waals surface area contributed by atoms with E-state index in [1.807, 2.05) is 49.5 Å². The molecule has 0 fully saturated rings. The molecule has 2 N–H and O–H groups in total. The van der Waals surface area contributed by atoms with Gasteiger partial charge in [0, 0.05) is 25.1 Å². The van der Waals surface area contributed by atoms with Gasteiger partial charge in [-0.05, 0) is 42.5 Å². The molecule has 0 saturated carbocycles. The van der Waals surface area contributed by atoms with Gasteiger partial charge in [-0.15, -0.1) is 5.10 Å². The van der Waals surface area contributed by atoms with Crippen molar-refractivity contribution in [1.82, 2.24) is 29.9 Å². The van der Waals surface area contributed by atoms with Crippen molar-refractivity contribution in [3.63, 3.8) is 0 Å². The Balaban J connectivity index is 1.50. The molecule has 0 saturated heterocycles. The lowest BCUT2D eigenvalue weighted by molar-refractivity contribution is 0.456. The Labute approximate surface area is 153 Å². The molecule has 8 heteroatoms. The van der Waals surface area contributed by atoms with Gasteiger partial charge in [-0.2, -0.15) is 5.10 Å². The first-order valence-corrected chi connectivity index (χ1v) is 8.39. The highest BCUT2D eigenvalue weighted by molar-refractivity contribution is 5.91. The van der Waals surface area contributed by atoms with E-state index in [1.54, 1.807) is 23.3 Å². The van der Waals surface area contributed by atoms with Crippen molar-refractivity contribution in [3.8, 4) is 11.6 Å². The first-order valence-electron chi connectivity index (χ1n) is 8.39. The third-order valence-electron chi connectivity index (χ3n) is 4.25. The molecule has 0 amide bonds. The van der Waals surface area contributed by atoms with Gasteiger partial charge in [-0.3, -0.25) is 19.7 Å². The van der Waals surface area contributed by atoms with Crippen LogP contribution in [0.3, 0.4) is 0 Å². The molecular formula is C19H15N7O. The van der Waals surface area contributed by atoms with E-state index in [4.69, 9.17) is 4.74 Å². The number of ether oxygens (including phenoxy) is 1. The number of nitrogens with zero attached hydrogens (tertiary/aromatic N) is 5. The molecule has 132 valence electrons. The van der Waals surface area contributed by atoms with Crippen LogP contribution in [-0.2, 0) is 7.05 Å². The lowest BCUT2D eigenvalue weighted by Gasteiger charge is -2.04. The van der Waals surface area contributed by atoms with Gasteiger partial charge >= 0.3 is 0 Å². The fraction of sp³-hybridized carbons (Fsp3) is 0.0526. The molecule has 0 aliphatic heterocycles. The summed E-state index contributed by atoms with van der Waals surface area (Å²) in [6.45, 7) is 0. The van der Waals surface area contributed by atoms with Crippen LogP contribution >= 0.6 is 0 Å². The number of aromatic amines is 1. The number of fused-ring (bicyclic) bond motifs is 2. The third-order valence-corrected chi connectivity index (χ3v) is 4.25. The first kappa shape index (κ1) is 15.3. The van der Waals surface area contributed by atoms with E-state index in [2.05, 4.69) is 30.6 Å². The van der Waals surface area contributed by atoms with E-state index >= 15 is 0 Å². The summed E-state index contributed by atoms with van der Waals surface area (Å²) in [5.41, 5.74) is 3.50. The molecule has 0 radical (unpaired) electrons. The topological polar surface area (TPSA) is 93.5 Å². The largest absolute Gasteiger partial charge is 0.435 e. The summed E-state index contributed by atoms with van der Waals surface area (Å²) in [5.74, 6) is 1.87. The number of nitrogens with one attached hydrogen (secondary N) is 2. The average Bonchev–Trinajstić information content (AvgIpc) is 3.24. The summed E-state index contributed by atoms with van der Waals surface area (Å²) >= 11 is 0. The van der Waals surface area contributed by atoms with Crippen molar-refractivity contribution >= 4 is 33.4 Å². The third kappa shape index (κ3) is 2.73. The zero-order chi connectivity index (χ0) is 18.2. The van der Waals surface area contributed by atoms with Crippen molar-refractivity contribution in [3.05, 3.63) is 61.1 Å². The standard InChI is InChI=1S/C19H15N7O/c1-26-16-10-12(22-18-17-15(23-24-18)5-3-9-21-17)6-7-14(16)19(25-26)27-13-4-2-8-20-11-13/h2-11H,1H3,(H2,22,23,24). The molecule has 0 unspecified atom stereocenters. The van der Waals surface area contributed by atoms with Gasteiger partial charge in [-0.1, -0.05) is 0 Å². The zero-order valence-electron chi connectivity index (χ0n) is 14.4. The van der Waals surface area contributed by atoms with Crippen LogP contribution in [-0.4, -0.2) is 29.9 Å². The summed E-state index contributed by atoms with van der Waals surface area (Å²) in [6.07, 6.45) is 5.11.